The Balaban J connectivity index is 1.40. The van der Waals surface area contributed by atoms with Gasteiger partial charge in [-0.25, -0.2) is 4.79 Å². The summed E-state index contributed by atoms with van der Waals surface area (Å²) in [7, 11) is 0. The minimum absolute atomic E-state index is 0.198. The molecule has 5 nitrogen and oxygen atoms in total. The van der Waals surface area contributed by atoms with Gasteiger partial charge < -0.3 is 20.1 Å². The number of amides is 2. The molecule has 0 radical (unpaired) electrons. The van der Waals surface area contributed by atoms with Gasteiger partial charge in [-0.3, -0.25) is 0 Å². The van der Waals surface area contributed by atoms with Crippen molar-refractivity contribution in [3.8, 4) is 11.5 Å². The average Bonchev–Trinajstić information content (AvgIpc) is 3.02. The molecule has 2 aromatic rings. The first-order valence-electron chi connectivity index (χ1n) is 7.35. The van der Waals surface area contributed by atoms with Crippen LogP contribution in [0, 0.1) is 0 Å². The second-order valence-electron chi connectivity index (χ2n) is 5.17. The van der Waals surface area contributed by atoms with Gasteiger partial charge in [0.15, 0.2) is 11.5 Å². The molecule has 6 heteroatoms. The van der Waals surface area contributed by atoms with Crippen LogP contribution in [-0.4, -0.2) is 19.4 Å². The zero-order chi connectivity index (χ0) is 16.1. The Morgan fingerprint density at radius 1 is 1.00 bits per heavy atom. The number of ether oxygens (including phenoxy) is 2. The maximum absolute atomic E-state index is 11.8. The number of carbonyl (C=O) groups excluding carboxylic acids is 1. The minimum Gasteiger partial charge on any atom is -0.454 e. The highest BCUT2D eigenvalue weighted by atomic mass is 35.5. The molecule has 1 aliphatic rings. The van der Waals surface area contributed by atoms with Crippen molar-refractivity contribution >= 4 is 17.6 Å². The lowest BCUT2D eigenvalue weighted by atomic mass is 10.1. The Morgan fingerprint density at radius 2 is 1.74 bits per heavy atom. The molecular formula is C17H17ClN2O3. The van der Waals surface area contributed by atoms with Gasteiger partial charge in [0.2, 0.25) is 6.79 Å². The molecule has 1 aliphatic heterocycles. The molecule has 0 saturated heterocycles. The van der Waals surface area contributed by atoms with Crippen molar-refractivity contribution in [2.75, 3.05) is 13.3 Å². The third-order valence-corrected chi connectivity index (χ3v) is 3.75. The summed E-state index contributed by atoms with van der Waals surface area (Å²) in [5.41, 5.74) is 2.09. The van der Waals surface area contributed by atoms with Crippen LogP contribution in [0.4, 0.5) is 4.79 Å². The molecule has 2 amide bonds. The number of urea groups is 1. The first-order chi connectivity index (χ1) is 11.2. The van der Waals surface area contributed by atoms with Crippen molar-refractivity contribution < 1.29 is 14.3 Å². The molecule has 0 fully saturated rings. The van der Waals surface area contributed by atoms with Crippen LogP contribution in [0.5, 0.6) is 11.5 Å². The normalized spacial score (nSPS) is 12.0. The molecule has 1 heterocycles. The molecule has 0 unspecified atom stereocenters. The summed E-state index contributed by atoms with van der Waals surface area (Å²) >= 11 is 5.83. The van der Waals surface area contributed by atoms with Crippen LogP contribution < -0.4 is 20.1 Å². The maximum Gasteiger partial charge on any atom is 0.315 e. The van der Waals surface area contributed by atoms with E-state index in [1.54, 1.807) is 0 Å². The summed E-state index contributed by atoms with van der Waals surface area (Å²) in [4.78, 5) is 11.8. The van der Waals surface area contributed by atoms with Gasteiger partial charge in [-0.15, -0.1) is 0 Å². The average molecular weight is 333 g/mol. The molecule has 0 saturated carbocycles. The molecular weight excluding hydrogens is 316 g/mol. The van der Waals surface area contributed by atoms with Gasteiger partial charge in [-0.1, -0.05) is 29.8 Å². The lowest BCUT2D eigenvalue weighted by molar-refractivity contribution is 0.174. The Bertz CT molecular complexity index is 689. The molecule has 0 aliphatic carbocycles. The van der Waals surface area contributed by atoms with E-state index in [1.807, 2.05) is 42.5 Å². The zero-order valence-corrected chi connectivity index (χ0v) is 13.2. The fourth-order valence-corrected chi connectivity index (χ4v) is 2.39. The van der Waals surface area contributed by atoms with E-state index in [1.165, 1.54) is 0 Å². The lowest BCUT2D eigenvalue weighted by Gasteiger charge is -2.08. The Kier molecular flexibility index (Phi) is 4.88. The van der Waals surface area contributed by atoms with Crippen molar-refractivity contribution in [3.63, 3.8) is 0 Å². The molecule has 0 aromatic heterocycles. The Hall–Kier alpha value is -2.40. The van der Waals surface area contributed by atoms with Gasteiger partial charge in [-0.2, -0.15) is 0 Å². The van der Waals surface area contributed by atoms with Crippen LogP contribution in [-0.2, 0) is 13.0 Å². The smallest absolute Gasteiger partial charge is 0.315 e. The second kappa shape index (κ2) is 7.24. The fraction of sp³-hybridized carbons (Fsp3) is 0.235. The quantitative estimate of drug-likeness (QED) is 0.884. The van der Waals surface area contributed by atoms with Crippen LogP contribution in [0.3, 0.4) is 0 Å². The summed E-state index contributed by atoms with van der Waals surface area (Å²) in [5.74, 6) is 1.45. The summed E-state index contributed by atoms with van der Waals surface area (Å²) in [5, 5.41) is 6.36. The van der Waals surface area contributed by atoms with E-state index in [0.717, 1.165) is 23.3 Å². The van der Waals surface area contributed by atoms with E-state index in [9.17, 15) is 4.79 Å². The Labute approximate surface area is 139 Å². The van der Waals surface area contributed by atoms with E-state index in [2.05, 4.69) is 10.6 Å². The highest BCUT2D eigenvalue weighted by Crippen LogP contribution is 2.32. The third-order valence-electron chi connectivity index (χ3n) is 3.50. The first-order valence-corrected chi connectivity index (χ1v) is 7.73. The largest absolute Gasteiger partial charge is 0.454 e. The van der Waals surface area contributed by atoms with Gasteiger partial charge in [-0.05, 0) is 41.8 Å². The van der Waals surface area contributed by atoms with Crippen LogP contribution in [0.1, 0.15) is 11.1 Å². The summed E-state index contributed by atoms with van der Waals surface area (Å²) in [6.45, 7) is 1.25. The maximum atomic E-state index is 11.8. The van der Waals surface area contributed by atoms with Crippen LogP contribution in [0.25, 0.3) is 0 Å². The molecule has 2 N–H and O–H groups in total. The third kappa shape index (κ3) is 4.29. The first kappa shape index (κ1) is 15.5. The van der Waals surface area contributed by atoms with E-state index in [0.29, 0.717) is 23.9 Å². The standard InChI is InChI=1S/C17H17ClN2O3/c18-14-4-1-12(2-5-14)7-8-19-17(21)20-10-13-3-6-15-16(9-13)23-11-22-15/h1-6,9H,7-8,10-11H2,(H2,19,20,21). The number of benzene rings is 2. The van der Waals surface area contributed by atoms with Crippen LogP contribution >= 0.6 is 11.6 Å². The number of halogens is 1. The summed E-state index contributed by atoms with van der Waals surface area (Å²) in [6, 6.07) is 13.0. The Morgan fingerprint density at radius 3 is 2.57 bits per heavy atom. The van der Waals surface area contributed by atoms with Crippen molar-refractivity contribution in [1.29, 1.82) is 0 Å². The number of carbonyl (C=O) groups is 1. The van der Waals surface area contributed by atoms with Crippen LogP contribution in [0.2, 0.25) is 5.02 Å². The molecule has 0 bridgehead atoms. The highest BCUT2D eigenvalue weighted by molar-refractivity contribution is 6.30. The van der Waals surface area contributed by atoms with E-state index in [4.69, 9.17) is 21.1 Å². The van der Waals surface area contributed by atoms with E-state index < -0.39 is 0 Å². The van der Waals surface area contributed by atoms with E-state index in [-0.39, 0.29) is 12.8 Å². The van der Waals surface area contributed by atoms with Gasteiger partial charge >= 0.3 is 6.03 Å². The van der Waals surface area contributed by atoms with Crippen molar-refractivity contribution in [1.82, 2.24) is 10.6 Å². The fourth-order valence-electron chi connectivity index (χ4n) is 2.27. The van der Waals surface area contributed by atoms with E-state index >= 15 is 0 Å². The predicted molar refractivity (Wildman–Crippen MR) is 88.0 cm³/mol. The predicted octanol–water partition coefficient (Wildman–Crippen LogP) is 3.11. The van der Waals surface area contributed by atoms with Gasteiger partial charge in [0, 0.05) is 18.1 Å². The lowest BCUT2D eigenvalue weighted by Crippen LogP contribution is -2.36. The molecule has 23 heavy (non-hydrogen) atoms. The van der Waals surface area contributed by atoms with Gasteiger partial charge in [0.25, 0.3) is 0 Å². The van der Waals surface area contributed by atoms with Crippen molar-refractivity contribution in [2.24, 2.45) is 0 Å². The molecule has 0 atom stereocenters. The highest BCUT2D eigenvalue weighted by Gasteiger charge is 2.13. The number of hydrogen-bond donors (Lipinski definition) is 2. The molecule has 2 aromatic carbocycles. The second-order valence-corrected chi connectivity index (χ2v) is 5.61. The van der Waals surface area contributed by atoms with Gasteiger partial charge in [0.05, 0.1) is 0 Å². The number of nitrogens with one attached hydrogen (secondary N) is 2. The monoisotopic (exact) mass is 332 g/mol. The number of hydrogen-bond acceptors (Lipinski definition) is 3. The molecule has 3 rings (SSSR count). The number of fused-ring (bicyclic) bond motifs is 1. The van der Waals surface area contributed by atoms with Gasteiger partial charge in [0.1, 0.15) is 0 Å². The molecule has 0 spiro atoms. The van der Waals surface area contributed by atoms with Crippen molar-refractivity contribution in [2.45, 2.75) is 13.0 Å². The minimum atomic E-state index is -0.198. The van der Waals surface area contributed by atoms with Crippen LogP contribution in [0.15, 0.2) is 42.5 Å². The topological polar surface area (TPSA) is 59.6 Å². The SMILES string of the molecule is O=C(NCCc1ccc(Cl)cc1)NCc1ccc2c(c1)OCO2. The number of rotatable bonds is 5. The summed E-state index contributed by atoms with van der Waals surface area (Å²) < 4.78 is 10.6. The zero-order valence-electron chi connectivity index (χ0n) is 12.5. The molecule has 120 valence electrons. The van der Waals surface area contributed by atoms with Crippen molar-refractivity contribution in [3.05, 3.63) is 58.6 Å². The summed E-state index contributed by atoms with van der Waals surface area (Å²) in [6.07, 6.45) is 0.759.